The normalized spacial score (nSPS) is 10.8. The van der Waals surface area contributed by atoms with E-state index < -0.39 is 0 Å². The van der Waals surface area contributed by atoms with Crippen LogP contribution in [0.2, 0.25) is 0 Å². The Bertz CT molecular complexity index is 476. The number of aliphatic hydroxyl groups is 1. The van der Waals surface area contributed by atoms with E-state index in [0.717, 1.165) is 17.4 Å². The van der Waals surface area contributed by atoms with Crippen LogP contribution in [0.15, 0.2) is 67.0 Å². The molecule has 0 spiro atoms. The Labute approximate surface area is 101 Å². The third-order valence-electron chi connectivity index (χ3n) is 2.05. The number of aldehydes is 1. The standard InChI is InChI=1S/C15H14O2/c1-12(3-5-13(2)17)4-6-14-7-9-15(11-16)10-8-14/h3-11,17H,1-2H2/b5-3-,6-4?. The number of hydrogen-bond acceptors (Lipinski definition) is 2. The fourth-order valence-electron chi connectivity index (χ4n) is 1.15. The van der Waals surface area contributed by atoms with Gasteiger partial charge in [-0.05, 0) is 17.2 Å². The van der Waals surface area contributed by atoms with Crippen molar-refractivity contribution in [2.45, 2.75) is 0 Å². The van der Waals surface area contributed by atoms with Crippen LogP contribution in [-0.2, 0) is 0 Å². The first kappa shape index (κ1) is 12.7. The Morgan fingerprint density at radius 2 is 1.59 bits per heavy atom. The largest absolute Gasteiger partial charge is 0.509 e. The molecule has 1 rings (SSSR count). The van der Waals surface area contributed by atoms with Crippen LogP contribution in [0.3, 0.4) is 0 Å². The molecule has 0 amide bonds. The van der Waals surface area contributed by atoms with E-state index >= 15 is 0 Å². The van der Waals surface area contributed by atoms with E-state index in [9.17, 15) is 4.79 Å². The molecule has 0 bridgehead atoms. The number of carbonyl (C=O) groups excluding carboxylic acids is 1. The smallest absolute Gasteiger partial charge is 0.150 e. The van der Waals surface area contributed by atoms with Gasteiger partial charge in [0, 0.05) is 5.56 Å². The molecule has 0 radical (unpaired) electrons. The van der Waals surface area contributed by atoms with Crippen molar-refractivity contribution in [2.75, 3.05) is 0 Å². The van der Waals surface area contributed by atoms with E-state index in [1.807, 2.05) is 24.3 Å². The molecule has 0 saturated carbocycles. The molecule has 0 atom stereocenters. The van der Waals surface area contributed by atoms with Crippen molar-refractivity contribution in [3.05, 3.63) is 78.1 Å². The van der Waals surface area contributed by atoms with Gasteiger partial charge < -0.3 is 5.11 Å². The number of carbonyl (C=O) groups is 1. The number of rotatable bonds is 5. The lowest BCUT2D eigenvalue weighted by Gasteiger charge is -1.94. The molecule has 2 nitrogen and oxygen atoms in total. The first-order chi connectivity index (χ1) is 8.11. The topological polar surface area (TPSA) is 37.3 Å². The molecular formula is C15H14O2. The van der Waals surface area contributed by atoms with E-state index in [2.05, 4.69) is 13.2 Å². The van der Waals surface area contributed by atoms with Crippen molar-refractivity contribution in [3.63, 3.8) is 0 Å². The molecule has 0 fully saturated rings. The zero-order chi connectivity index (χ0) is 12.7. The quantitative estimate of drug-likeness (QED) is 0.472. The van der Waals surface area contributed by atoms with E-state index in [1.165, 1.54) is 6.08 Å². The van der Waals surface area contributed by atoms with Crippen molar-refractivity contribution >= 4 is 12.4 Å². The summed E-state index contributed by atoms with van der Waals surface area (Å²) in [6.07, 6.45) is 7.64. The van der Waals surface area contributed by atoms with Gasteiger partial charge in [0.2, 0.25) is 0 Å². The number of aliphatic hydroxyl groups excluding tert-OH is 1. The second-order valence-corrected chi connectivity index (χ2v) is 3.52. The minimum atomic E-state index is -0.00474. The van der Waals surface area contributed by atoms with E-state index in [-0.39, 0.29) is 5.76 Å². The molecule has 0 saturated heterocycles. The summed E-state index contributed by atoms with van der Waals surface area (Å²) in [7, 11) is 0. The zero-order valence-corrected chi connectivity index (χ0v) is 9.47. The van der Waals surface area contributed by atoms with Crippen LogP contribution < -0.4 is 0 Å². The van der Waals surface area contributed by atoms with Gasteiger partial charge in [0.25, 0.3) is 0 Å². The van der Waals surface area contributed by atoms with Crippen LogP contribution in [0.25, 0.3) is 6.08 Å². The predicted octanol–water partition coefficient (Wildman–Crippen LogP) is 3.70. The van der Waals surface area contributed by atoms with E-state index in [1.54, 1.807) is 18.2 Å². The van der Waals surface area contributed by atoms with Gasteiger partial charge >= 0.3 is 0 Å². The lowest BCUT2D eigenvalue weighted by atomic mass is 10.1. The molecule has 86 valence electrons. The maximum atomic E-state index is 10.5. The minimum absolute atomic E-state index is 0.00474. The van der Waals surface area contributed by atoms with Crippen LogP contribution in [0, 0.1) is 0 Å². The van der Waals surface area contributed by atoms with Crippen LogP contribution in [0.1, 0.15) is 15.9 Å². The van der Waals surface area contributed by atoms with Crippen LogP contribution in [0.5, 0.6) is 0 Å². The van der Waals surface area contributed by atoms with Crippen molar-refractivity contribution in [1.82, 2.24) is 0 Å². The molecule has 1 N–H and O–H groups in total. The Balaban J connectivity index is 2.66. The van der Waals surface area contributed by atoms with Crippen LogP contribution in [-0.4, -0.2) is 11.4 Å². The van der Waals surface area contributed by atoms with Gasteiger partial charge in [-0.2, -0.15) is 0 Å². The van der Waals surface area contributed by atoms with Crippen LogP contribution in [0.4, 0.5) is 0 Å². The Morgan fingerprint density at radius 1 is 1.00 bits per heavy atom. The summed E-state index contributed by atoms with van der Waals surface area (Å²) in [5, 5.41) is 8.86. The Hall–Kier alpha value is -2.35. The molecule has 0 aromatic heterocycles. The van der Waals surface area contributed by atoms with Crippen molar-refractivity contribution in [2.24, 2.45) is 0 Å². The number of allylic oxidation sites excluding steroid dienone is 4. The summed E-state index contributed by atoms with van der Waals surface area (Å²) < 4.78 is 0. The third-order valence-corrected chi connectivity index (χ3v) is 2.05. The van der Waals surface area contributed by atoms with E-state index in [0.29, 0.717) is 5.56 Å². The maximum absolute atomic E-state index is 10.5. The lowest BCUT2D eigenvalue weighted by molar-refractivity contribution is 0.112. The second-order valence-electron chi connectivity index (χ2n) is 3.52. The fraction of sp³-hybridized carbons (Fsp3) is 0. The summed E-state index contributed by atoms with van der Waals surface area (Å²) in [4.78, 5) is 10.5. The minimum Gasteiger partial charge on any atom is -0.509 e. The molecule has 1 aromatic carbocycles. The first-order valence-electron chi connectivity index (χ1n) is 5.10. The first-order valence-corrected chi connectivity index (χ1v) is 5.10. The highest BCUT2D eigenvalue weighted by atomic mass is 16.3. The van der Waals surface area contributed by atoms with Gasteiger partial charge in [-0.25, -0.2) is 0 Å². The van der Waals surface area contributed by atoms with Gasteiger partial charge in [-0.1, -0.05) is 55.7 Å². The highest BCUT2D eigenvalue weighted by Crippen LogP contribution is 2.07. The average Bonchev–Trinajstić information content (AvgIpc) is 2.34. The van der Waals surface area contributed by atoms with Crippen LogP contribution >= 0.6 is 0 Å². The Morgan fingerprint density at radius 3 is 2.12 bits per heavy atom. The molecule has 0 unspecified atom stereocenters. The number of benzene rings is 1. The Kier molecular flexibility index (Phi) is 4.70. The van der Waals surface area contributed by atoms with E-state index in [4.69, 9.17) is 5.11 Å². The lowest BCUT2D eigenvalue weighted by Crippen LogP contribution is -1.79. The molecule has 0 aliphatic rings. The van der Waals surface area contributed by atoms with Crippen molar-refractivity contribution < 1.29 is 9.90 Å². The highest BCUT2D eigenvalue weighted by molar-refractivity contribution is 5.75. The summed E-state index contributed by atoms with van der Waals surface area (Å²) in [5.41, 5.74) is 2.38. The van der Waals surface area contributed by atoms with Gasteiger partial charge in [0.1, 0.15) is 12.0 Å². The van der Waals surface area contributed by atoms with Crippen molar-refractivity contribution in [1.29, 1.82) is 0 Å². The monoisotopic (exact) mass is 226 g/mol. The molecule has 0 aliphatic heterocycles. The molecule has 17 heavy (non-hydrogen) atoms. The molecular weight excluding hydrogens is 212 g/mol. The predicted molar refractivity (Wildman–Crippen MR) is 70.9 cm³/mol. The summed E-state index contributed by atoms with van der Waals surface area (Å²) in [6, 6.07) is 7.20. The number of hydrogen-bond donors (Lipinski definition) is 1. The molecule has 1 aromatic rings. The van der Waals surface area contributed by atoms with Crippen molar-refractivity contribution in [3.8, 4) is 0 Å². The summed E-state index contributed by atoms with van der Waals surface area (Å²) >= 11 is 0. The second kappa shape index (κ2) is 6.28. The summed E-state index contributed by atoms with van der Waals surface area (Å²) in [5.74, 6) is -0.00474. The van der Waals surface area contributed by atoms with Gasteiger partial charge in [-0.3, -0.25) is 4.79 Å². The highest BCUT2D eigenvalue weighted by Gasteiger charge is 1.89. The molecule has 2 heteroatoms. The molecule has 0 heterocycles. The zero-order valence-electron chi connectivity index (χ0n) is 9.47. The third kappa shape index (κ3) is 4.80. The molecule has 0 aliphatic carbocycles. The average molecular weight is 226 g/mol. The fourth-order valence-corrected chi connectivity index (χ4v) is 1.15. The maximum Gasteiger partial charge on any atom is 0.150 e. The van der Waals surface area contributed by atoms with Gasteiger partial charge in [-0.15, -0.1) is 0 Å². The SMILES string of the molecule is C=C(O)/C=C\C(=C)C=Cc1ccc(C=O)cc1. The van der Waals surface area contributed by atoms with Gasteiger partial charge in [0.15, 0.2) is 0 Å². The van der Waals surface area contributed by atoms with Gasteiger partial charge in [0.05, 0.1) is 0 Å². The summed E-state index contributed by atoms with van der Waals surface area (Å²) in [6.45, 7) is 7.13.